The van der Waals surface area contributed by atoms with Crippen LogP contribution in [0, 0.1) is 0 Å². The van der Waals surface area contributed by atoms with E-state index < -0.39 is 0 Å². The molecule has 0 fully saturated rings. The fourth-order valence-electron chi connectivity index (χ4n) is 2.45. The molecule has 3 aromatic heterocycles. The van der Waals surface area contributed by atoms with Gasteiger partial charge in [-0.1, -0.05) is 17.8 Å². The van der Waals surface area contributed by atoms with Gasteiger partial charge in [-0.15, -0.1) is 21.5 Å². The van der Waals surface area contributed by atoms with E-state index in [4.69, 9.17) is 4.42 Å². The van der Waals surface area contributed by atoms with E-state index in [1.54, 1.807) is 17.6 Å². The van der Waals surface area contributed by atoms with Gasteiger partial charge in [0, 0.05) is 18.0 Å². The van der Waals surface area contributed by atoms with E-state index in [1.807, 2.05) is 46.9 Å². The maximum Gasteiger partial charge on any atom is 0.233 e. The first-order valence-corrected chi connectivity index (χ1v) is 9.99. The third kappa shape index (κ3) is 4.13. The molecule has 0 N–H and O–H groups in total. The predicted octanol–water partition coefficient (Wildman–Crippen LogP) is 3.76. The van der Waals surface area contributed by atoms with Crippen molar-refractivity contribution in [1.82, 2.24) is 19.7 Å². The van der Waals surface area contributed by atoms with Crippen LogP contribution in [0.4, 0.5) is 0 Å². The summed E-state index contributed by atoms with van der Waals surface area (Å²) in [5.41, 5.74) is 0. The van der Waals surface area contributed by atoms with E-state index in [-0.39, 0.29) is 5.91 Å². The molecule has 25 heavy (non-hydrogen) atoms. The first kappa shape index (κ1) is 17.8. The Balaban J connectivity index is 1.65. The van der Waals surface area contributed by atoms with Crippen molar-refractivity contribution < 1.29 is 9.21 Å². The smallest absolute Gasteiger partial charge is 0.233 e. The number of aromatic nitrogens is 3. The molecular weight excluding hydrogens is 356 g/mol. The highest BCUT2D eigenvalue weighted by molar-refractivity contribution is 7.99. The second-order valence-electron chi connectivity index (χ2n) is 5.30. The maximum atomic E-state index is 12.5. The van der Waals surface area contributed by atoms with E-state index in [1.165, 1.54) is 16.6 Å². The molecule has 8 heteroatoms. The molecular formula is C17H20N4O2S2. The summed E-state index contributed by atoms with van der Waals surface area (Å²) in [6.45, 7) is 6.09. The maximum absolute atomic E-state index is 12.5. The average molecular weight is 377 g/mol. The van der Waals surface area contributed by atoms with Crippen LogP contribution in [0.15, 0.2) is 45.5 Å². The van der Waals surface area contributed by atoms with Gasteiger partial charge in [-0.05, 0) is 37.4 Å². The minimum absolute atomic E-state index is 0.103. The lowest BCUT2D eigenvalue weighted by molar-refractivity contribution is -0.128. The van der Waals surface area contributed by atoms with Gasteiger partial charge in [-0.25, -0.2) is 0 Å². The normalized spacial score (nSPS) is 11.0. The number of hydrogen-bond acceptors (Lipinski definition) is 6. The monoisotopic (exact) mass is 376 g/mol. The van der Waals surface area contributed by atoms with Gasteiger partial charge in [-0.3, -0.25) is 9.36 Å². The Kier molecular flexibility index (Phi) is 5.93. The number of rotatable bonds is 8. The van der Waals surface area contributed by atoms with Crippen LogP contribution >= 0.6 is 23.1 Å². The third-order valence-corrected chi connectivity index (χ3v) is 5.57. The van der Waals surface area contributed by atoms with E-state index in [9.17, 15) is 4.79 Å². The van der Waals surface area contributed by atoms with Crippen LogP contribution in [0.3, 0.4) is 0 Å². The van der Waals surface area contributed by atoms with Crippen molar-refractivity contribution in [2.24, 2.45) is 0 Å². The minimum atomic E-state index is 0.103. The third-order valence-electron chi connectivity index (χ3n) is 3.76. The van der Waals surface area contributed by atoms with Crippen molar-refractivity contribution in [1.29, 1.82) is 0 Å². The summed E-state index contributed by atoms with van der Waals surface area (Å²) in [5.74, 6) is 1.81. The van der Waals surface area contributed by atoms with E-state index in [0.29, 0.717) is 37.0 Å². The molecule has 0 radical (unpaired) electrons. The number of nitrogens with zero attached hydrogens (tertiary/aromatic N) is 4. The van der Waals surface area contributed by atoms with Crippen LogP contribution in [0.2, 0.25) is 0 Å². The van der Waals surface area contributed by atoms with Crippen LogP contribution < -0.4 is 0 Å². The fraction of sp³-hybridized carbons (Fsp3) is 0.353. The van der Waals surface area contributed by atoms with Gasteiger partial charge in [-0.2, -0.15) is 0 Å². The van der Waals surface area contributed by atoms with Gasteiger partial charge in [0.25, 0.3) is 0 Å². The summed E-state index contributed by atoms with van der Waals surface area (Å²) in [4.78, 5) is 15.6. The van der Waals surface area contributed by atoms with Crippen molar-refractivity contribution in [2.45, 2.75) is 32.1 Å². The molecule has 0 saturated carbocycles. The van der Waals surface area contributed by atoms with Gasteiger partial charge in [0.15, 0.2) is 16.7 Å². The summed E-state index contributed by atoms with van der Waals surface area (Å²) in [7, 11) is 0. The lowest BCUT2D eigenvalue weighted by Gasteiger charge is -2.19. The molecule has 3 aromatic rings. The Hall–Kier alpha value is -2.06. The summed E-state index contributed by atoms with van der Waals surface area (Å²) in [6, 6.07) is 7.74. The molecule has 0 unspecified atom stereocenters. The molecule has 6 nitrogen and oxygen atoms in total. The fourth-order valence-corrected chi connectivity index (χ4v) is 4.08. The molecule has 0 aliphatic rings. The second-order valence-corrected chi connectivity index (χ2v) is 7.28. The molecule has 0 atom stereocenters. The SMILES string of the molecule is CCN(Cc1cccs1)C(=O)CSc1nnc(-c2ccco2)n1CC. The summed E-state index contributed by atoms with van der Waals surface area (Å²) in [5, 5.41) is 11.2. The highest BCUT2D eigenvalue weighted by Gasteiger charge is 2.18. The van der Waals surface area contributed by atoms with Crippen molar-refractivity contribution in [3.63, 3.8) is 0 Å². The van der Waals surface area contributed by atoms with Gasteiger partial charge < -0.3 is 9.32 Å². The van der Waals surface area contributed by atoms with E-state index in [2.05, 4.69) is 16.3 Å². The molecule has 1 amide bonds. The Labute approximate surface area is 154 Å². The van der Waals surface area contributed by atoms with Crippen molar-refractivity contribution in [3.05, 3.63) is 40.8 Å². The van der Waals surface area contributed by atoms with Crippen LogP contribution in [-0.2, 0) is 17.9 Å². The van der Waals surface area contributed by atoms with Gasteiger partial charge in [0.1, 0.15) is 0 Å². The molecule has 132 valence electrons. The second kappa shape index (κ2) is 8.35. The van der Waals surface area contributed by atoms with Gasteiger partial charge in [0.05, 0.1) is 18.6 Å². The van der Waals surface area contributed by atoms with Crippen LogP contribution in [0.5, 0.6) is 0 Å². The number of amides is 1. The number of hydrogen-bond donors (Lipinski definition) is 0. The number of carbonyl (C=O) groups is 1. The first-order chi connectivity index (χ1) is 12.2. The quantitative estimate of drug-likeness (QED) is 0.560. The highest BCUT2D eigenvalue weighted by atomic mass is 32.2. The van der Waals surface area contributed by atoms with Crippen LogP contribution in [0.1, 0.15) is 18.7 Å². The van der Waals surface area contributed by atoms with E-state index in [0.717, 1.165) is 5.16 Å². The topological polar surface area (TPSA) is 64.2 Å². The van der Waals surface area contributed by atoms with Crippen molar-refractivity contribution in [3.8, 4) is 11.6 Å². The summed E-state index contributed by atoms with van der Waals surface area (Å²) in [6.07, 6.45) is 1.62. The zero-order valence-corrected chi connectivity index (χ0v) is 15.8. The van der Waals surface area contributed by atoms with Gasteiger partial charge in [0.2, 0.25) is 5.91 Å². The average Bonchev–Trinajstić information content (AvgIpc) is 3.38. The number of thioether (sulfide) groups is 1. The summed E-state index contributed by atoms with van der Waals surface area (Å²) < 4.78 is 7.37. The summed E-state index contributed by atoms with van der Waals surface area (Å²) >= 11 is 3.08. The van der Waals surface area contributed by atoms with Crippen molar-refractivity contribution in [2.75, 3.05) is 12.3 Å². The molecule has 3 heterocycles. The lowest BCUT2D eigenvalue weighted by atomic mass is 10.4. The van der Waals surface area contributed by atoms with Crippen LogP contribution in [0.25, 0.3) is 11.6 Å². The number of furan rings is 1. The first-order valence-electron chi connectivity index (χ1n) is 8.13. The molecule has 0 saturated heterocycles. The molecule has 0 aromatic carbocycles. The number of thiophene rings is 1. The lowest BCUT2D eigenvalue weighted by Crippen LogP contribution is -2.31. The zero-order chi connectivity index (χ0) is 17.6. The largest absolute Gasteiger partial charge is 0.461 e. The molecule has 3 rings (SSSR count). The molecule has 0 spiro atoms. The van der Waals surface area contributed by atoms with E-state index >= 15 is 0 Å². The Bertz CT molecular complexity index is 797. The predicted molar refractivity (Wildman–Crippen MR) is 99.5 cm³/mol. The Morgan fingerprint density at radius 2 is 2.20 bits per heavy atom. The molecule has 0 bridgehead atoms. The minimum Gasteiger partial charge on any atom is -0.461 e. The Morgan fingerprint density at radius 1 is 1.32 bits per heavy atom. The van der Waals surface area contributed by atoms with Crippen LogP contribution in [-0.4, -0.2) is 37.9 Å². The van der Waals surface area contributed by atoms with Crippen molar-refractivity contribution >= 4 is 29.0 Å². The standard InChI is InChI=1S/C17H20N4O2S2/c1-3-20(11-13-7-6-10-24-13)15(22)12-25-17-19-18-16(21(17)4-2)14-8-5-9-23-14/h5-10H,3-4,11-12H2,1-2H3. The highest BCUT2D eigenvalue weighted by Crippen LogP contribution is 2.24. The Morgan fingerprint density at radius 3 is 2.84 bits per heavy atom. The number of carbonyl (C=O) groups excluding carboxylic acids is 1. The molecule has 0 aliphatic heterocycles. The van der Waals surface area contributed by atoms with Gasteiger partial charge >= 0.3 is 0 Å². The molecule has 0 aliphatic carbocycles. The zero-order valence-electron chi connectivity index (χ0n) is 14.2.